The molecule has 0 aliphatic rings. The van der Waals surface area contributed by atoms with Crippen LogP contribution in [0.2, 0.25) is 0 Å². The first kappa shape index (κ1) is 12.1. The number of rotatable bonds is 6. The summed E-state index contributed by atoms with van der Waals surface area (Å²) >= 11 is 1.54. The molecule has 6 heteroatoms. The summed E-state index contributed by atoms with van der Waals surface area (Å²) in [6, 6.07) is -0.535. The summed E-state index contributed by atoms with van der Waals surface area (Å²) in [6.07, 6.45) is 4.03. The van der Waals surface area contributed by atoms with Gasteiger partial charge in [0.25, 0.3) is 0 Å². The van der Waals surface area contributed by atoms with Crippen LogP contribution in [0.15, 0.2) is 17.6 Å². The van der Waals surface area contributed by atoms with Crippen LogP contribution >= 0.6 is 11.8 Å². The molecule has 15 heavy (non-hydrogen) atoms. The summed E-state index contributed by atoms with van der Waals surface area (Å²) in [4.78, 5) is 18.2. The summed E-state index contributed by atoms with van der Waals surface area (Å²) in [7, 11) is 0. The van der Waals surface area contributed by atoms with Gasteiger partial charge in [0.2, 0.25) is 0 Å². The third-order valence-corrected chi connectivity index (χ3v) is 2.67. The standard InChI is InChI=1S/C9H15N3O2S/c1-2-14-8(13)7(10)3-6-15-9-11-4-5-12-9/h4-5,7H,2-3,6,10H2,1H3,(H,11,12). The lowest BCUT2D eigenvalue weighted by Crippen LogP contribution is -2.32. The van der Waals surface area contributed by atoms with E-state index in [4.69, 9.17) is 10.5 Å². The van der Waals surface area contributed by atoms with Crippen LogP contribution in [-0.2, 0) is 9.53 Å². The first-order valence-corrected chi connectivity index (χ1v) is 5.77. The van der Waals surface area contributed by atoms with Crippen LogP contribution < -0.4 is 5.73 Å². The average Bonchev–Trinajstić information content (AvgIpc) is 2.71. The number of ether oxygens (including phenoxy) is 1. The van der Waals surface area contributed by atoms with Gasteiger partial charge in [-0.2, -0.15) is 0 Å². The maximum Gasteiger partial charge on any atom is 0.322 e. The summed E-state index contributed by atoms with van der Waals surface area (Å²) in [5.74, 6) is 0.408. The number of imidazole rings is 1. The Hall–Kier alpha value is -1.01. The molecule has 1 unspecified atom stereocenters. The lowest BCUT2D eigenvalue weighted by Gasteiger charge is -2.09. The van der Waals surface area contributed by atoms with Gasteiger partial charge in [0.15, 0.2) is 5.16 Å². The van der Waals surface area contributed by atoms with Crippen LogP contribution in [0.5, 0.6) is 0 Å². The van der Waals surface area contributed by atoms with Gasteiger partial charge in [-0.05, 0) is 13.3 Å². The Labute approximate surface area is 92.8 Å². The van der Waals surface area contributed by atoms with Gasteiger partial charge in [0.1, 0.15) is 6.04 Å². The molecule has 0 spiro atoms. The number of hydrogen-bond acceptors (Lipinski definition) is 5. The molecule has 3 N–H and O–H groups in total. The van der Waals surface area contributed by atoms with E-state index in [1.165, 1.54) is 11.8 Å². The molecule has 0 fully saturated rings. The molecule has 0 saturated heterocycles. The van der Waals surface area contributed by atoms with Crippen molar-refractivity contribution in [1.29, 1.82) is 0 Å². The van der Waals surface area contributed by atoms with Crippen molar-refractivity contribution in [3.63, 3.8) is 0 Å². The van der Waals surface area contributed by atoms with Crippen molar-refractivity contribution in [3.8, 4) is 0 Å². The Balaban J connectivity index is 2.17. The Morgan fingerprint density at radius 1 is 1.80 bits per heavy atom. The second-order valence-corrected chi connectivity index (χ2v) is 3.97. The normalized spacial score (nSPS) is 12.4. The number of carbonyl (C=O) groups is 1. The maximum atomic E-state index is 11.2. The van der Waals surface area contributed by atoms with Crippen LogP contribution in [0.25, 0.3) is 0 Å². The monoisotopic (exact) mass is 229 g/mol. The van der Waals surface area contributed by atoms with Gasteiger partial charge in [0, 0.05) is 18.1 Å². The predicted molar refractivity (Wildman–Crippen MR) is 58.5 cm³/mol. The van der Waals surface area contributed by atoms with Gasteiger partial charge < -0.3 is 15.5 Å². The van der Waals surface area contributed by atoms with Crippen molar-refractivity contribution in [2.24, 2.45) is 5.73 Å². The van der Waals surface area contributed by atoms with Crippen molar-refractivity contribution < 1.29 is 9.53 Å². The third kappa shape index (κ3) is 4.35. The van der Waals surface area contributed by atoms with E-state index >= 15 is 0 Å². The lowest BCUT2D eigenvalue weighted by molar-refractivity contribution is -0.144. The minimum absolute atomic E-state index is 0.336. The van der Waals surface area contributed by atoms with E-state index in [1.54, 1.807) is 19.3 Å². The fourth-order valence-corrected chi connectivity index (χ4v) is 1.83. The molecular weight excluding hydrogens is 214 g/mol. The van der Waals surface area contributed by atoms with Gasteiger partial charge >= 0.3 is 5.97 Å². The van der Waals surface area contributed by atoms with Crippen molar-refractivity contribution in [2.45, 2.75) is 24.5 Å². The highest BCUT2D eigenvalue weighted by atomic mass is 32.2. The smallest absolute Gasteiger partial charge is 0.322 e. The van der Waals surface area contributed by atoms with Gasteiger partial charge in [-0.1, -0.05) is 11.8 Å². The number of nitrogens with one attached hydrogen (secondary N) is 1. The quantitative estimate of drug-likeness (QED) is 0.556. The second-order valence-electron chi connectivity index (χ2n) is 2.89. The minimum atomic E-state index is -0.535. The second kappa shape index (κ2) is 6.47. The van der Waals surface area contributed by atoms with Crippen molar-refractivity contribution in [1.82, 2.24) is 9.97 Å². The molecule has 5 nitrogen and oxygen atoms in total. The first-order chi connectivity index (χ1) is 7.24. The topological polar surface area (TPSA) is 81.0 Å². The van der Waals surface area contributed by atoms with E-state index in [1.807, 2.05) is 0 Å². The molecule has 0 radical (unpaired) electrons. The molecule has 0 amide bonds. The van der Waals surface area contributed by atoms with E-state index < -0.39 is 6.04 Å². The van der Waals surface area contributed by atoms with Gasteiger partial charge in [-0.25, -0.2) is 4.98 Å². The molecule has 0 aliphatic heterocycles. The zero-order valence-corrected chi connectivity index (χ0v) is 9.42. The Morgan fingerprint density at radius 3 is 3.20 bits per heavy atom. The Morgan fingerprint density at radius 2 is 2.60 bits per heavy atom. The fraction of sp³-hybridized carbons (Fsp3) is 0.556. The van der Waals surface area contributed by atoms with E-state index in [2.05, 4.69) is 9.97 Å². The number of carbonyl (C=O) groups excluding carboxylic acids is 1. The van der Waals surface area contributed by atoms with Crippen LogP contribution in [0.4, 0.5) is 0 Å². The minimum Gasteiger partial charge on any atom is -0.465 e. The van der Waals surface area contributed by atoms with E-state index in [0.717, 1.165) is 10.9 Å². The highest BCUT2D eigenvalue weighted by Crippen LogP contribution is 2.13. The number of aromatic amines is 1. The fourth-order valence-electron chi connectivity index (χ4n) is 0.979. The van der Waals surface area contributed by atoms with E-state index in [9.17, 15) is 4.79 Å². The number of aromatic nitrogens is 2. The lowest BCUT2D eigenvalue weighted by atomic mass is 10.2. The molecule has 1 aromatic heterocycles. The molecule has 1 heterocycles. The number of esters is 1. The van der Waals surface area contributed by atoms with Gasteiger partial charge in [-0.15, -0.1) is 0 Å². The molecule has 0 saturated carbocycles. The number of H-pyrrole nitrogens is 1. The maximum absolute atomic E-state index is 11.2. The SMILES string of the molecule is CCOC(=O)C(N)CCSc1ncc[nH]1. The van der Waals surface area contributed by atoms with Crippen molar-refractivity contribution in [3.05, 3.63) is 12.4 Å². The molecule has 1 atom stereocenters. The molecule has 0 aliphatic carbocycles. The van der Waals surface area contributed by atoms with Gasteiger partial charge in [-0.3, -0.25) is 4.79 Å². The van der Waals surface area contributed by atoms with Gasteiger partial charge in [0.05, 0.1) is 6.61 Å². The number of nitrogens with two attached hydrogens (primary N) is 1. The van der Waals surface area contributed by atoms with E-state index in [0.29, 0.717) is 13.0 Å². The molecular formula is C9H15N3O2S. The van der Waals surface area contributed by atoms with Crippen molar-refractivity contribution in [2.75, 3.05) is 12.4 Å². The molecule has 0 bridgehead atoms. The first-order valence-electron chi connectivity index (χ1n) is 4.78. The average molecular weight is 229 g/mol. The number of thioether (sulfide) groups is 1. The summed E-state index contributed by atoms with van der Waals surface area (Å²) in [5.41, 5.74) is 5.62. The number of nitrogens with zero attached hydrogens (tertiary/aromatic N) is 1. The molecule has 1 aromatic rings. The zero-order valence-electron chi connectivity index (χ0n) is 8.60. The molecule has 0 aromatic carbocycles. The number of hydrogen-bond donors (Lipinski definition) is 2. The van der Waals surface area contributed by atoms with Crippen LogP contribution in [0.3, 0.4) is 0 Å². The summed E-state index contributed by atoms with van der Waals surface area (Å²) < 4.78 is 4.79. The van der Waals surface area contributed by atoms with Crippen LogP contribution in [0.1, 0.15) is 13.3 Å². The summed E-state index contributed by atoms with van der Waals surface area (Å²) in [5, 5.41) is 0.839. The van der Waals surface area contributed by atoms with Crippen LogP contribution in [0, 0.1) is 0 Å². The summed E-state index contributed by atoms with van der Waals surface area (Å²) in [6.45, 7) is 2.14. The zero-order chi connectivity index (χ0) is 11.1. The van der Waals surface area contributed by atoms with E-state index in [-0.39, 0.29) is 5.97 Å². The Kier molecular flexibility index (Phi) is 5.20. The predicted octanol–water partition coefficient (Wildman–Crippen LogP) is 0.782. The largest absolute Gasteiger partial charge is 0.465 e. The molecule has 1 rings (SSSR count). The van der Waals surface area contributed by atoms with Crippen molar-refractivity contribution >= 4 is 17.7 Å². The highest BCUT2D eigenvalue weighted by Gasteiger charge is 2.13. The Bertz CT molecular complexity index is 290. The third-order valence-electron chi connectivity index (χ3n) is 1.73. The highest BCUT2D eigenvalue weighted by molar-refractivity contribution is 7.99. The molecule has 84 valence electrons. The van der Waals surface area contributed by atoms with Crippen LogP contribution in [-0.4, -0.2) is 34.3 Å².